The second-order valence-electron chi connectivity index (χ2n) is 4.51. The number of aliphatic hydroxyl groups excluding tert-OH is 3. The monoisotopic (exact) mass is 381 g/mol. The zero-order chi connectivity index (χ0) is 18.8. The van der Waals surface area contributed by atoms with E-state index in [-0.39, 0.29) is 0 Å². The lowest BCUT2D eigenvalue weighted by Crippen LogP contribution is -2.59. The fourth-order valence-electron chi connectivity index (χ4n) is 1.42. The SMILES string of the molecule is CC(=O)C(=O)[C@H](N)[C@@H](O)[C@H](O)[C@](O)(CO)P(=O)(O)OP(=O)(O)O. The first-order valence-corrected chi connectivity index (χ1v) is 8.81. The molecule has 9 N–H and O–H groups in total. The lowest BCUT2D eigenvalue weighted by Gasteiger charge is -2.36. The number of aliphatic hydroxyl groups is 4. The van der Waals surface area contributed by atoms with Crippen LogP contribution in [0.2, 0.25) is 0 Å². The third kappa shape index (κ3) is 5.21. The normalized spacial score (nSPS) is 21.6. The summed E-state index contributed by atoms with van der Waals surface area (Å²) in [7, 11) is -11.5. The predicted molar refractivity (Wildman–Crippen MR) is 70.7 cm³/mol. The van der Waals surface area contributed by atoms with Crippen LogP contribution in [-0.2, 0) is 23.0 Å². The molecule has 15 heteroatoms. The molecule has 0 aromatic rings. The largest absolute Gasteiger partial charge is 0.476 e. The molecule has 136 valence electrons. The number of phosphoric acid groups is 1. The van der Waals surface area contributed by atoms with Crippen molar-refractivity contribution in [2.75, 3.05) is 6.61 Å². The van der Waals surface area contributed by atoms with Gasteiger partial charge in [0, 0.05) is 6.92 Å². The van der Waals surface area contributed by atoms with Crippen molar-refractivity contribution in [2.24, 2.45) is 5.73 Å². The molecule has 0 fully saturated rings. The molecule has 0 saturated carbocycles. The molecule has 0 aromatic carbocycles. The minimum atomic E-state index is -5.86. The third-order valence-electron chi connectivity index (χ3n) is 2.75. The predicted octanol–water partition coefficient (Wildman–Crippen LogP) is -3.83. The van der Waals surface area contributed by atoms with Gasteiger partial charge in [-0.3, -0.25) is 14.2 Å². The molecule has 0 aromatic heterocycles. The van der Waals surface area contributed by atoms with Crippen LogP contribution < -0.4 is 5.73 Å². The van der Waals surface area contributed by atoms with E-state index in [2.05, 4.69) is 4.31 Å². The first-order chi connectivity index (χ1) is 10.1. The van der Waals surface area contributed by atoms with E-state index >= 15 is 0 Å². The second kappa shape index (κ2) is 7.55. The molecule has 0 amide bonds. The molecule has 23 heavy (non-hydrogen) atoms. The Morgan fingerprint density at radius 1 is 1.22 bits per heavy atom. The molecular formula is C8H17NO12P2. The molecule has 0 saturated heterocycles. The van der Waals surface area contributed by atoms with Gasteiger partial charge in [-0.25, -0.2) is 8.88 Å². The molecule has 0 spiro atoms. The van der Waals surface area contributed by atoms with E-state index in [1.165, 1.54) is 0 Å². The highest BCUT2D eigenvalue weighted by molar-refractivity contribution is 7.64. The molecule has 1 unspecified atom stereocenters. The molecule has 0 bridgehead atoms. The maximum absolute atomic E-state index is 11.7. The van der Waals surface area contributed by atoms with E-state index in [0.29, 0.717) is 0 Å². The van der Waals surface area contributed by atoms with Gasteiger partial charge in [0.2, 0.25) is 11.1 Å². The summed E-state index contributed by atoms with van der Waals surface area (Å²) in [5.74, 6) is -2.56. The summed E-state index contributed by atoms with van der Waals surface area (Å²) in [6.45, 7) is -1.05. The van der Waals surface area contributed by atoms with Gasteiger partial charge in [0.15, 0.2) is 5.78 Å². The smallest absolute Gasteiger partial charge is 0.393 e. The number of hydrogen-bond acceptors (Lipinski definition) is 10. The molecule has 0 radical (unpaired) electrons. The van der Waals surface area contributed by atoms with Crippen molar-refractivity contribution in [1.29, 1.82) is 0 Å². The quantitative estimate of drug-likeness (QED) is 0.141. The number of rotatable bonds is 9. The van der Waals surface area contributed by atoms with Gasteiger partial charge in [-0.2, -0.15) is 0 Å². The van der Waals surface area contributed by atoms with E-state index in [9.17, 15) is 38.9 Å². The molecular weight excluding hydrogens is 364 g/mol. The van der Waals surface area contributed by atoms with Crippen molar-refractivity contribution in [2.45, 2.75) is 30.5 Å². The zero-order valence-electron chi connectivity index (χ0n) is 11.6. The standard InChI is InChI=1S/C8H17NO12P2/c1-3(11)5(12)4(9)6(13)7(14)8(15,2-10)22(16,17)21-23(18,19)20/h4,6-7,10,13-15H,2,9H2,1H3,(H,16,17)(H2,18,19,20)/t4-,6+,7-,8-/m0/s1. The number of nitrogens with two attached hydrogens (primary N) is 1. The van der Waals surface area contributed by atoms with Crippen LogP contribution in [-0.4, -0.2) is 76.9 Å². The van der Waals surface area contributed by atoms with Gasteiger partial charge in [0.05, 0.1) is 6.61 Å². The van der Waals surface area contributed by atoms with Gasteiger partial charge in [-0.15, -0.1) is 0 Å². The molecule has 0 aliphatic rings. The average Bonchev–Trinajstić information content (AvgIpc) is 2.39. The van der Waals surface area contributed by atoms with Crippen LogP contribution in [0.3, 0.4) is 0 Å². The minimum absolute atomic E-state index is 0.771. The molecule has 0 heterocycles. The molecule has 5 atom stereocenters. The Morgan fingerprint density at radius 2 is 1.65 bits per heavy atom. The lowest BCUT2D eigenvalue weighted by molar-refractivity contribution is -0.144. The van der Waals surface area contributed by atoms with Crippen LogP contribution in [0.1, 0.15) is 6.92 Å². The Morgan fingerprint density at radius 3 is 1.96 bits per heavy atom. The van der Waals surface area contributed by atoms with Gasteiger partial charge >= 0.3 is 15.4 Å². The van der Waals surface area contributed by atoms with E-state index in [0.717, 1.165) is 6.92 Å². The van der Waals surface area contributed by atoms with Gasteiger partial charge in [0.1, 0.15) is 18.2 Å². The van der Waals surface area contributed by atoms with Crippen LogP contribution in [0, 0.1) is 0 Å². The van der Waals surface area contributed by atoms with Crippen molar-refractivity contribution in [3.8, 4) is 0 Å². The first kappa shape index (κ1) is 22.4. The van der Waals surface area contributed by atoms with E-state index < -0.39 is 57.2 Å². The Labute approximate surface area is 129 Å². The highest BCUT2D eigenvalue weighted by Crippen LogP contribution is 2.64. The van der Waals surface area contributed by atoms with Gasteiger partial charge in [-0.1, -0.05) is 0 Å². The lowest BCUT2D eigenvalue weighted by atomic mass is 9.97. The van der Waals surface area contributed by atoms with Gasteiger partial charge in [-0.05, 0) is 0 Å². The topological polar surface area (TPSA) is 245 Å². The fraction of sp³-hybridized carbons (Fsp3) is 0.750. The van der Waals surface area contributed by atoms with Gasteiger partial charge < -0.3 is 40.8 Å². The molecule has 0 aliphatic carbocycles. The first-order valence-electron chi connectivity index (χ1n) is 5.70. The highest BCUT2D eigenvalue weighted by Gasteiger charge is 2.58. The number of Topliss-reactive ketones (excluding diaryl/α,β-unsaturated/α-hetero) is 2. The van der Waals surface area contributed by atoms with E-state index in [1.807, 2.05) is 0 Å². The summed E-state index contributed by atoms with van der Waals surface area (Å²) in [4.78, 5) is 48.5. The maximum Gasteiger partial charge on any atom is 0.476 e. The van der Waals surface area contributed by atoms with Crippen LogP contribution in [0.4, 0.5) is 0 Å². The Balaban J connectivity index is 5.66. The summed E-state index contributed by atoms with van der Waals surface area (Å²) in [5.41, 5.74) is 5.15. The van der Waals surface area contributed by atoms with Crippen molar-refractivity contribution < 1.29 is 58.1 Å². The fourth-order valence-corrected chi connectivity index (χ4v) is 3.81. The van der Waals surface area contributed by atoms with Crippen molar-refractivity contribution in [1.82, 2.24) is 0 Å². The van der Waals surface area contributed by atoms with Crippen LogP contribution in [0.15, 0.2) is 0 Å². The van der Waals surface area contributed by atoms with Crippen molar-refractivity contribution in [3.05, 3.63) is 0 Å². The molecule has 13 nitrogen and oxygen atoms in total. The number of ketones is 2. The van der Waals surface area contributed by atoms with Crippen LogP contribution >= 0.6 is 15.4 Å². The van der Waals surface area contributed by atoms with Crippen LogP contribution in [0.5, 0.6) is 0 Å². The maximum atomic E-state index is 11.7. The second-order valence-corrected chi connectivity index (χ2v) is 7.96. The Bertz CT molecular complexity index is 559. The number of carbonyl (C=O) groups excluding carboxylic acids is 2. The third-order valence-corrected chi connectivity index (χ3v) is 5.87. The average molecular weight is 381 g/mol. The van der Waals surface area contributed by atoms with Crippen molar-refractivity contribution >= 4 is 27.0 Å². The Hall–Kier alpha value is -0.560. The molecule has 0 aliphatic heterocycles. The summed E-state index contributed by atoms with van der Waals surface area (Å²) in [6.07, 6.45) is -5.43. The zero-order valence-corrected chi connectivity index (χ0v) is 13.4. The van der Waals surface area contributed by atoms with Crippen molar-refractivity contribution in [3.63, 3.8) is 0 Å². The summed E-state index contributed by atoms with van der Waals surface area (Å²) < 4.78 is 25.8. The Kier molecular flexibility index (Phi) is 7.37. The highest BCUT2D eigenvalue weighted by atomic mass is 31.3. The number of carbonyl (C=O) groups is 2. The van der Waals surface area contributed by atoms with Crippen LogP contribution in [0.25, 0.3) is 0 Å². The molecule has 0 rings (SSSR count). The van der Waals surface area contributed by atoms with E-state index in [1.54, 1.807) is 0 Å². The summed E-state index contributed by atoms with van der Waals surface area (Å²) in [6, 6.07) is -2.16. The number of hydrogen-bond donors (Lipinski definition) is 8. The summed E-state index contributed by atoms with van der Waals surface area (Å²) >= 11 is 0. The summed E-state index contributed by atoms with van der Waals surface area (Å²) in [5, 5.41) is 34.4. The van der Waals surface area contributed by atoms with Gasteiger partial charge in [0.25, 0.3) is 0 Å². The minimum Gasteiger partial charge on any atom is -0.393 e. The van der Waals surface area contributed by atoms with E-state index in [4.69, 9.17) is 20.6 Å².